The second kappa shape index (κ2) is 10.9. The fourth-order valence-corrected chi connectivity index (χ4v) is 0.742. The van der Waals surface area contributed by atoms with E-state index in [4.69, 9.17) is 5.11 Å². The van der Waals surface area contributed by atoms with E-state index < -0.39 is 0 Å². The van der Waals surface area contributed by atoms with Crippen molar-refractivity contribution in [2.24, 2.45) is 0 Å². The van der Waals surface area contributed by atoms with Crippen molar-refractivity contribution >= 4 is 24.8 Å². The first kappa shape index (κ1) is 17.9. The van der Waals surface area contributed by atoms with Crippen LogP contribution in [0.25, 0.3) is 0 Å². The first-order valence-corrected chi connectivity index (χ1v) is 2.80. The van der Waals surface area contributed by atoms with Gasteiger partial charge in [-0.05, 0) is 6.42 Å². The average Bonchev–Trinajstić information content (AvgIpc) is 2.19. The average molecular weight is 273 g/mol. The van der Waals surface area contributed by atoms with E-state index >= 15 is 0 Å². The van der Waals surface area contributed by atoms with Gasteiger partial charge in [-0.3, -0.25) is 6.08 Å². The molecule has 0 aromatic carbocycles. The molecule has 0 atom stereocenters. The summed E-state index contributed by atoms with van der Waals surface area (Å²) < 4.78 is 0. The summed E-state index contributed by atoms with van der Waals surface area (Å²) in [6.45, 7) is 0.243. The Hall–Kier alpha value is 0.903. The Kier molecular flexibility index (Phi) is 17.7. The molecule has 0 aromatic heterocycles. The molecular formula is C7H11Cl2OZr-. The summed E-state index contributed by atoms with van der Waals surface area (Å²) in [4.78, 5) is 0. The molecule has 0 amide bonds. The molecule has 0 fully saturated rings. The maximum atomic E-state index is 8.43. The van der Waals surface area contributed by atoms with Gasteiger partial charge in [0, 0.05) is 32.8 Å². The quantitative estimate of drug-likeness (QED) is 0.762. The van der Waals surface area contributed by atoms with Crippen LogP contribution in [0.15, 0.2) is 17.7 Å². The minimum absolute atomic E-state index is 0. The molecule has 4 heteroatoms. The second-order valence-corrected chi connectivity index (χ2v) is 1.78. The van der Waals surface area contributed by atoms with Crippen LogP contribution in [0.2, 0.25) is 0 Å². The van der Waals surface area contributed by atoms with E-state index in [9.17, 15) is 0 Å². The Bertz CT molecular complexity index is 134. The number of aliphatic hydroxyl groups excluding tert-OH is 1. The Morgan fingerprint density at radius 3 is 2.45 bits per heavy atom. The van der Waals surface area contributed by atoms with Crippen LogP contribution < -0.4 is 0 Å². The molecule has 0 saturated heterocycles. The van der Waals surface area contributed by atoms with E-state index in [2.05, 4.69) is 6.08 Å². The van der Waals surface area contributed by atoms with Gasteiger partial charge < -0.3 is 5.11 Å². The molecular weight excluding hydrogens is 262 g/mol. The maximum absolute atomic E-state index is 8.43. The van der Waals surface area contributed by atoms with Crippen molar-refractivity contribution in [1.29, 1.82) is 0 Å². The SMILES string of the molecule is Cl.Cl.OCCC1=[C-]CC=C1.[Zr]. The molecule has 0 aromatic rings. The number of halogens is 2. The topological polar surface area (TPSA) is 20.2 Å². The summed E-state index contributed by atoms with van der Waals surface area (Å²) >= 11 is 0. The van der Waals surface area contributed by atoms with Crippen LogP contribution in [0.5, 0.6) is 0 Å². The zero-order chi connectivity index (χ0) is 5.82. The van der Waals surface area contributed by atoms with E-state index in [0.29, 0.717) is 0 Å². The second-order valence-electron chi connectivity index (χ2n) is 1.78. The number of rotatable bonds is 2. The third-order valence-corrected chi connectivity index (χ3v) is 1.15. The summed E-state index contributed by atoms with van der Waals surface area (Å²) in [5.41, 5.74) is 1.15. The number of allylic oxidation sites excluding steroid dienone is 3. The predicted octanol–water partition coefficient (Wildman–Crippen LogP) is 1.90. The molecule has 64 valence electrons. The predicted molar refractivity (Wildman–Crippen MR) is 46.7 cm³/mol. The summed E-state index contributed by atoms with van der Waals surface area (Å²) in [5, 5.41) is 8.43. The third kappa shape index (κ3) is 7.27. The van der Waals surface area contributed by atoms with E-state index in [1.54, 1.807) is 0 Å². The van der Waals surface area contributed by atoms with Crippen LogP contribution in [0, 0.1) is 6.08 Å². The monoisotopic (exact) mass is 271 g/mol. The molecule has 1 N–H and O–H groups in total. The molecule has 11 heavy (non-hydrogen) atoms. The van der Waals surface area contributed by atoms with Crippen molar-refractivity contribution in [3.8, 4) is 0 Å². The number of aliphatic hydroxyl groups is 1. The fourth-order valence-electron chi connectivity index (χ4n) is 0.742. The zero-order valence-electron chi connectivity index (χ0n) is 6.04. The van der Waals surface area contributed by atoms with Gasteiger partial charge in [-0.1, -0.05) is 0 Å². The molecule has 0 spiro atoms. The van der Waals surface area contributed by atoms with Gasteiger partial charge in [-0.2, -0.15) is 6.08 Å². The molecule has 0 saturated carbocycles. The number of hydrogen-bond acceptors (Lipinski definition) is 1. The first-order chi connectivity index (χ1) is 3.93. The van der Waals surface area contributed by atoms with Gasteiger partial charge in [0.05, 0.1) is 0 Å². The fraction of sp³-hybridized carbons (Fsp3) is 0.429. The van der Waals surface area contributed by atoms with Crippen molar-refractivity contribution in [2.75, 3.05) is 6.61 Å². The largest absolute Gasteiger partial charge is 0.396 e. The van der Waals surface area contributed by atoms with E-state index in [1.165, 1.54) is 0 Å². The van der Waals surface area contributed by atoms with Gasteiger partial charge in [0.25, 0.3) is 0 Å². The molecule has 1 nitrogen and oxygen atoms in total. The molecule has 0 heterocycles. The van der Waals surface area contributed by atoms with Crippen LogP contribution in [0.1, 0.15) is 12.8 Å². The molecule has 1 aliphatic rings. The van der Waals surface area contributed by atoms with Crippen molar-refractivity contribution in [1.82, 2.24) is 0 Å². The minimum Gasteiger partial charge on any atom is -0.396 e. The van der Waals surface area contributed by atoms with Crippen molar-refractivity contribution < 1.29 is 31.3 Å². The molecule has 0 radical (unpaired) electrons. The Morgan fingerprint density at radius 1 is 1.45 bits per heavy atom. The Balaban J connectivity index is -0.000000213. The number of hydrogen-bond donors (Lipinski definition) is 1. The molecule has 1 aliphatic carbocycles. The van der Waals surface area contributed by atoms with E-state index in [1.807, 2.05) is 12.2 Å². The van der Waals surface area contributed by atoms with Crippen molar-refractivity contribution in [3.63, 3.8) is 0 Å². The van der Waals surface area contributed by atoms with Crippen LogP contribution in [-0.4, -0.2) is 11.7 Å². The Labute approximate surface area is 98.9 Å². The molecule has 1 rings (SSSR count). The minimum atomic E-state index is 0. The molecule has 0 bridgehead atoms. The molecule has 0 unspecified atom stereocenters. The third-order valence-electron chi connectivity index (χ3n) is 1.15. The van der Waals surface area contributed by atoms with Crippen LogP contribution in [0.3, 0.4) is 0 Å². The van der Waals surface area contributed by atoms with Gasteiger partial charge in [0.1, 0.15) is 0 Å². The summed E-state index contributed by atoms with van der Waals surface area (Å²) in [6, 6.07) is 0. The zero-order valence-corrected chi connectivity index (χ0v) is 10.1. The first-order valence-electron chi connectivity index (χ1n) is 2.80. The summed E-state index contributed by atoms with van der Waals surface area (Å²) in [7, 11) is 0. The summed E-state index contributed by atoms with van der Waals surface area (Å²) in [6.07, 6.45) is 8.85. The van der Waals surface area contributed by atoms with Crippen molar-refractivity contribution in [3.05, 3.63) is 23.8 Å². The van der Waals surface area contributed by atoms with Crippen LogP contribution in [-0.2, 0) is 26.2 Å². The summed E-state index contributed by atoms with van der Waals surface area (Å²) in [5.74, 6) is 0. The van der Waals surface area contributed by atoms with Gasteiger partial charge >= 0.3 is 0 Å². The van der Waals surface area contributed by atoms with Gasteiger partial charge in [-0.15, -0.1) is 31.2 Å². The van der Waals surface area contributed by atoms with Crippen LogP contribution in [0.4, 0.5) is 0 Å². The van der Waals surface area contributed by atoms with Gasteiger partial charge in [0.2, 0.25) is 0 Å². The van der Waals surface area contributed by atoms with Gasteiger partial charge in [-0.25, -0.2) is 11.6 Å². The smallest absolute Gasteiger partial charge is 0.0442 e. The van der Waals surface area contributed by atoms with Crippen molar-refractivity contribution in [2.45, 2.75) is 12.8 Å². The normalized spacial score (nSPS) is 12.3. The Morgan fingerprint density at radius 2 is 2.09 bits per heavy atom. The van der Waals surface area contributed by atoms with E-state index in [-0.39, 0.29) is 57.6 Å². The van der Waals surface area contributed by atoms with E-state index in [0.717, 1.165) is 18.4 Å². The molecule has 0 aliphatic heterocycles. The van der Waals surface area contributed by atoms with Gasteiger partial charge in [0.15, 0.2) is 0 Å². The van der Waals surface area contributed by atoms with Crippen LogP contribution >= 0.6 is 24.8 Å². The maximum Gasteiger partial charge on any atom is 0.0442 e. The standard InChI is InChI=1S/C7H9O.2ClH.Zr/c8-6-5-7-3-1-2-4-7;;;/h1,3,8H,2,5-6H2;2*1H;/q-1;;;.